The summed E-state index contributed by atoms with van der Waals surface area (Å²) >= 11 is 18.7. The quantitative estimate of drug-likeness (QED) is 0.877. The van der Waals surface area contributed by atoms with E-state index in [0.29, 0.717) is 50.8 Å². The molecule has 0 aromatic heterocycles. The van der Waals surface area contributed by atoms with Gasteiger partial charge >= 0.3 is 0 Å². The Kier molecular flexibility index (Phi) is 4.18. The van der Waals surface area contributed by atoms with Crippen LogP contribution in [-0.2, 0) is 0 Å². The Labute approximate surface area is 137 Å². The molecule has 110 valence electrons. The molecule has 6 heteroatoms. The van der Waals surface area contributed by atoms with Crippen molar-refractivity contribution in [3.8, 4) is 22.6 Å². The smallest absolute Gasteiger partial charge is 0.169 e. The van der Waals surface area contributed by atoms with Crippen molar-refractivity contribution in [2.45, 2.75) is 6.10 Å². The van der Waals surface area contributed by atoms with Crippen LogP contribution in [0.2, 0.25) is 15.1 Å². The summed E-state index contributed by atoms with van der Waals surface area (Å²) < 4.78 is 11.6. The van der Waals surface area contributed by atoms with Crippen molar-refractivity contribution >= 4 is 34.8 Å². The Morgan fingerprint density at radius 3 is 2.52 bits per heavy atom. The Balaban J connectivity index is 2.21. The maximum Gasteiger partial charge on any atom is 0.169 e. The topological polar surface area (TPSA) is 44.5 Å². The van der Waals surface area contributed by atoms with Gasteiger partial charge in [-0.1, -0.05) is 40.9 Å². The average Bonchev–Trinajstić information content (AvgIpc) is 2.46. The van der Waals surface area contributed by atoms with E-state index in [1.165, 1.54) is 0 Å². The molecular weight excluding hydrogens is 333 g/mol. The lowest BCUT2D eigenvalue weighted by Gasteiger charge is -2.28. The number of rotatable bonds is 2. The Morgan fingerprint density at radius 1 is 1.14 bits per heavy atom. The van der Waals surface area contributed by atoms with Gasteiger partial charge in [0.2, 0.25) is 0 Å². The summed E-state index contributed by atoms with van der Waals surface area (Å²) in [7, 11) is 0. The maximum atomic E-state index is 6.28. The second-order valence-electron chi connectivity index (χ2n) is 4.66. The van der Waals surface area contributed by atoms with Crippen molar-refractivity contribution in [1.82, 2.24) is 0 Å². The van der Waals surface area contributed by atoms with Crippen LogP contribution in [0.4, 0.5) is 0 Å². The third-order valence-electron chi connectivity index (χ3n) is 3.22. The highest BCUT2D eigenvalue weighted by molar-refractivity contribution is 6.39. The van der Waals surface area contributed by atoms with E-state index in [9.17, 15) is 0 Å². The van der Waals surface area contributed by atoms with Crippen molar-refractivity contribution in [1.29, 1.82) is 0 Å². The molecule has 2 N–H and O–H groups in total. The van der Waals surface area contributed by atoms with Crippen molar-refractivity contribution in [2.75, 3.05) is 13.2 Å². The molecule has 0 spiro atoms. The van der Waals surface area contributed by atoms with Crippen LogP contribution >= 0.6 is 34.8 Å². The molecule has 0 saturated carbocycles. The van der Waals surface area contributed by atoms with Gasteiger partial charge in [0, 0.05) is 28.8 Å². The molecule has 0 bridgehead atoms. The number of halogens is 3. The number of hydrogen-bond acceptors (Lipinski definition) is 3. The fourth-order valence-corrected chi connectivity index (χ4v) is 3.05. The first-order valence-corrected chi connectivity index (χ1v) is 7.51. The number of benzene rings is 2. The first-order chi connectivity index (χ1) is 10.1. The molecule has 0 saturated heterocycles. The van der Waals surface area contributed by atoms with Crippen LogP contribution in [0.25, 0.3) is 11.1 Å². The van der Waals surface area contributed by atoms with Crippen molar-refractivity contribution in [2.24, 2.45) is 5.73 Å². The van der Waals surface area contributed by atoms with Gasteiger partial charge in [-0.05, 0) is 18.2 Å². The fourth-order valence-electron chi connectivity index (χ4n) is 2.24. The molecular formula is C15H12Cl3NO2. The minimum Gasteiger partial charge on any atom is -0.486 e. The lowest BCUT2D eigenvalue weighted by Crippen LogP contribution is -2.35. The molecule has 2 aromatic carbocycles. The highest BCUT2D eigenvalue weighted by Gasteiger charge is 2.26. The predicted molar refractivity (Wildman–Crippen MR) is 85.9 cm³/mol. The van der Waals surface area contributed by atoms with Gasteiger partial charge in [-0.25, -0.2) is 0 Å². The van der Waals surface area contributed by atoms with Crippen LogP contribution < -0.4 is 15.2 Å². The first-order valence-electron chi connectivity index (χ1n) is 6.37. The van der Waals surface area contributed by atoms with Crippen LogP contribution in [0.3, 0.4) is 0 Å². The molecule has 3 rings (SSSR count). The number of nitrogens with two attached hydrogens (primary N) is 1. The van der Waals surface area contributed by atoms with E-state index >= 15 is 0 Å². The van der Waals surface area contributed by atoms with Crippen LogP contribution in [0.15, 0.2) is 30.3 Å². The summed E-state index contributed by atoms with van der Waals surface area (Å²) in [5.41, 5.74) is 7.02. The van der Waals surface area contributed by atoms with Crippen LogP contribution in [-0.4, -0.2) is 19.3 Å². The van der Waals surface area contributed by atoms with Gasteiger partial charge in [0.25, 0.3) is 0 Å². The second-order valence-corrected chi connectivity index (χ2v) is 5.91. The van der Waals surface area contributed by atoms with Gasteiger partial charge in [0.1, 0.15) is 12.7 Å². The summed E-state index contributed by atoms with van der Waals surface area (Å²) in [6.45, 7) is 0.747. The Bertz CT molecular complexity index is 671. The third-order valence-corrected chi connectivity index (χ3v) is 4.07. The van der Waals surface area contributed by atoms with Crippen LogP contribution in [0.1, 0.15) is 0 Å². The molecule has 0 fully saturated rings. The van der Waals surface area contributed by atoms with Gasteiger partial charge in [0.15, 0.2) is 11.5 Å². The molecule has 0 unspecified atom stereocenters. The average molecular weight is 345 g/mol. The second kappa shape index (κ2) is 5.93. The molecule has 1 atom stereocenters. The lowest BCUT2D eigenvalue weighted by molar-refractivity contribution is 0.0976. The lowest BCUT2D eigenvalue weighted by atomic mass is 10.0. The monoisotopic (exact) mass is 343 g/mol. The summed E-state index contributed by atoms with van der Waals surface area (Å²) in [6, 6.07) is 8.78. The summed E-state index contributed by atoms with van der Waals surface area (Å²) in [6.07, 6.45) is -0.210. The molecule has 1 aliphatic heterocycles. The zero-order valence-corrected chi connectivity index (χ0v) is 13.2. The minimum absolute atomic E-state index is 0.210. The fraction of sp³-hybridized carbons (Fsp3) is 0.200. The summed E-state index contributed by atoms with van der Waals surface area (Å²) in [5, 5.41) is 1.56. The zero-order valence-electron chi connectivity index (χ0n) is 10.9. The molecule has 0 radical (unpaired) electrons. The van der Waals surface area contributed by atoms with Gasteiger partial charge in [-0.3, -0.25) is 0 Å². The van der Waals surface area contributed by atoms with Crippen molar-refractivity contribution < 1.29 is 9.47 Å². The van der Waals surface area contributed by atoms with E-state index in [-0.39, 0.29) is 6.10 Å². The van der Waals surface area contributed by atoms with Crippen LogP contribution in [0.5, 0.6) is 11.5 Å². The van der Waals surface area contributed by atoms with Gasteiger partial charge < -0.3 is 15.2 Å². The normalized spacial score (nSPS) is 16.9. The third kappa shape index (κ3) is 2.79. The number of ether oxygens (including phenoxy) is 2. The Hall–Kier alpha value is -1.13. The van der Waals surface area contributed by atoms with Crippen molar-refractivity contribution in [3.63, 3.8) is 0 Å². The number of hydrogen-bond donors (Lipinski definition) is 1. The highest BCUT2D eigenvalue weighted by atomic mass is 35.5. The van der Waals surface area contributed by atoms with E-state index in [1.54, 1.807) is 30.3 Å². The molecule has 2 aromatic rings. The summed E-state index contributed by atoms with van der Waals surface area (Å²) in [5.74, 6) is 1.13. The zero-order chi connectivity index (χ0) is 15.0. The SMILES string of the molecule is NC[C@H]1COc2cc(Cl)cc(-c3c(Cl)cccc3Cl)c2O1. The van der Waals surface area contributed by atoms with Crippen LogP contribution in [0, 0.1) is 0 Å². The molecule has 1 aliphatic rings. The molecule has 0 aliphatic carbocycles. The van der Waals surface area contributed by atoms with Crippen molar-refractivity contribution in [3.05, 3.63) is 45.4 Å². The largest absolute Gasteiger partial charge is 0.486 e. The standard InChI is InChI=1S/C15H12Cl3NO2/c16-8-4-10(14-11(17)2-1-3-12(14)18)15-13(5-8)20-7-9(6-19)21-15/h1-5,9H,6-7,19H2/t9-/m0/s1. The van der Waals surface area contributed by atoms with Gasteiger partial charge in [-0.15, -0.1) is 0 Å². The first kappa shape index (κ1) is 14.8. The molecule has 21 heavy (non-hydrogen) atoms. The van der Waals surface area contributed by atoms with Gasteiger partial charge in [-0.2, -0.15) is 0 Å². The molecule has 1 heterocycles. The minimum atomic E-state index is -0.210. The Morgan fingerprint density at radius 2 is 1.86 bits per heavy atom. The molecule has 3 nitrogen and oxygen atoms in total. The van der Waals surface area contributed by atoms with E-state index in [0.717, 1.165) is 0 Å². The summed E-state index contributed by atoms with van der Waals surface area (Å²) in [4.78, 5) is 0. The maximum absolute atomic E-state index is 6.28. The highest BCUT2D eigenvalue weighted by Crippen LogP contribution is 2.47. The predicted octanol–water partition coefficient (Wildman–Crippen LogP) is 4.41. The van der Waals surface area contributed by atoms with E-state index in [1.807, 2.05) is 0 Å². The number of fused-ring (bicyclic) bond motifs is 1. The van der Waals surface area contributed by atoms with Gasteiger partial charge in [0.05, 0.1) is 10.0 Å². The van der Waals surface area contributed by atoms with E-state index in [4.69, 9.17) is 50.0 Å². The van der Waals surface area contributed by atoms with E-state index in [2.05, 4.69) is 0 Å². The van der Waals surface area contributed by atoms with E-state index < -0.39 is 0 Å². The molecule has 0 amide bonds.